The molecule has 0 aliphatic heterocycles. The second-order valence-corrected chi connectivity index (χ2v) is 4.88. The van der Waals surface area contributed by atoms with Crippen molar-refractivity contribution in [3.8, 4) is 0 Å². The molecule has 0 aromatic heterocycles. The van der Waals surface area contributed by atoms with E-state index in [0.717, 1.165) is 50.6 Å². The van der Waals surface area contributed by atoms with Crippen molar-refractivity contribution in [2.75, 3.05) is 32.7 Å². The van der Waals surface area contributed by atoms with Gasteiger partial charge in [-0.2, -0.15) is 0 Å². The van der Waals surface area contributed by atoms with Crippen LogP contribution in [0.25, 0.3) is 0 Å². The van der Waals surface area contributed by atoms with E-state index in [9.17, 15) is 0 Å². The van der Waals surface area contributed by atoms with Crippen LogP contribution in [0.5, 0.6) is 0 Å². The van der Waals surface area contributed by atoms with Crippen molar-refractivity contribution >= 4 is 11.6 Å². The Morgan fingerprint density at radius 2 is 1.83 bits per heavy atom. The van der Waals surface area contributed by atoms with Gasteiger partial charge in [0.05, 0.1) is 0 Å². The van der Waals surface area contributed by atoms with Gasteiger partial charge in [0, 0.05) is 18.1 Å². The molecule has 1 N–H and O–H groups in total. The van der Waals surface area contributed by atoms with E-state index < -0.39 is 0 Å². The normalized spacial score (nSPS) is 11.1. The molecule has 0 atom stereocenters. The summed E-state index contributed by atoms with van der Waals surface area (Å²) in [6.07, 6.45) is 2.19. The lowest BCUT2D eigenvalue weighted by Crippen LogP contribution is -2.32. The molecule has 1 rings (SSSR count). The van der Waals surface area contributed by atoms with Crippen molar-refractivity contribution in [3.63, 3.8) is 0 Å². The van der Waals surface area contributed by atoms with Crippen LogP contribution in [0, 0.1) is 0 Å². The predicted molar refractivity (Wildman–Crippen MR) is 80.4 cm³/mol. The third-order valence-electron chi connectivity index (χ3n) is 3.26. The van der Waals surface area contributed by atoms with Gasteiger partial charge in [-0.1, -0.05) is 43.6 Å². The smallest absolute Gasteiger partial charge is 0.0437 e. The number of benzene rings is 1. The van der Waals surface area contributed by atoms with Crippen LogP contribution in [0.2, 0.25) is 5.02 Å². The largest absolute Gasteiger partial charge is 0.315 e. The van der Waals surface area contributed by atoms with Gasteiger partial charge < -0.3 is 10.2 Å². The molecular formula is C15H25ClN2. The number of nitrogens with one attached hydrogen (secondary N) is 1. The molecular weight excluding hydrogens is 244 g/mol. The SMILES string of the molecule is CCN(CC)CCNCCCc1ccccc1Cl. The Kier molecular flexibility index (Phi) is 8.06. The van der Waals surface area contributed by atoms with E-state index in [1.165, 1.54) is 5.56 Å². The van der Waals surface area contributed by atoms with Gasteiger partial charge in [-0.15, -0.1) is 0 Å². The van der Waals surface area contributed by atoms with Gasteiger partial charge in [0.15, 0.2) is 0 Å². The Bertz CT molecular complexity index is 324. The van der Waals surface area contributed by atoms with Gasteiger partial charge in [-0.3, -0.25) is 0 Å². The fourth-order valence-corrected chi connectivity index (χ4v) is 2.24. The zero-order valence-electron chi connectivity index (χ0n) is 11.6. The fourth-order valence-electron chi connectivity index (χ4n) is 2.01. The number of likely N-dealkylation sites (N-methyl/N-ethyl adjacent to an activating group) is 1. The average molecular weight is 269 g/mol. The summed E-state index contributed by atoms with van der Waals surface area (Å²) in [5.41, 5.74) is 1.25. The molecule has 1 aromatic rings. The van der Waals surface area contributed by atoms with Gasteiger partial charge in [-0.25, -0.2) is 0 Å². The molecule has 0 aliphatic carbocycles. The highest BCUT2D eigenvalue weighted by Crippen LogP contribution is 2.16. The van der Waals surface area contributed by atoms with Gasteiger partial charge in [0.1, 0.15) is 0 Å². The minimum atomic E-state index is 0.889. The van der Waals surface area contributed by atoms with Crippen molar-refractivity contribution in [1.82, 2.24) is 10.2 Å². The topological polar surface area (TPSA) is 15.3 Å². The summed E-state index contributed by atoms with van der Waals surface area (Å²) in [5, 5.41) is 4.38. The quantitative estimate of drug-likeness (QED) is 0.692. The zero-order valence-corrected chi connectivity index (χ0v) is 12.3. The van der Waals surface area contributed by atoms with Crippen LogP contribution < -0.4 is 5.32 Å². The molecule has 0 spiro atoms. The molecule has 0 fully saturated rings. The third-order valence-corrected chi connectivity index (χ3v) is 3.63. The van der Waals surface area contributed by atoms with E-state index in [0.29, 0.717) is 0 Å². The number of halogens is 1. The highest BCUT2D eigenvalue weighted by Gasteiger charge is 1.99. The first kappa shape index (κ1) is 15.5. The molecule has 0 unspecified atom stereocenters. The van der Waals surface area contributed by atoms with Crippen molar-refractivity contribution in [1.29, 1.82) is 0 Å². The zero-order chi connectivity index (χ0) is 13.2. The van der Waals surface area contributed by atoms with Crippen LogP contribution in [-0.2, 0) is 6.42 Å². The maximum absolute atomic E-state index is 6.12. The van der Waals surface area contributed by atoms with Crippen LogP contribution in [0.15, 0.2) is 24.3 Å². The first-order chi connectivity index (χ1) is 8.77. The summed E-state index contributed by atoms with van der Waals surface area (Å²) in [4.78, 5) is 2.43. The fraction of sp³-hybridized carbons (Fsp3) is 0.600. The van der Waals surface area contributed by atoms with E-state index in [4.69, 9.17) is 11.6 Å². The van der Waals surface area contributed by atoms with Crippen molar-refractivity contribution in [2.45, 2.75) is 26.7 Å². The second-order valence-electron chi connectivity index (χ2n) is 4.47. The molecule has 2 nitrogen and oxygen atoms in total. The summed E-state index contributed by atoms with van der Waals surface area (Å²) >= 11 is 6.12. The third kappa shape index (κ3) is 5.85. The minimum absolute atomic E-state index is 0.889. The number of hydrogen-bond donors (Lipinski definition) is 1. The van der Waals surface area contributed by atoms with Gasteiger partial charge in [0.2, 0.25) is 0 Å². The Morgan fingerprint density at radius 1 is 1.11 bits per heavy atom. The number of nitrogens with zero attached hydrogens (tertiary/aromatic N) is 1. The van der Waals surface area contributed by atoms with E-state index in [1.807, 2.05) is 12.1 Å². The van der Waals surface area contributed by atoms with Crippen LogP contribution in [0.1, 0.15) is 25.8 Å². The molecule has 0 saturated heterocycles. The van der Waals surface area contributed by atoms with Crippen molar-refractivity contribution in [3.05, 3.63) is 34.9 Å². The van der Waals surface area contributed by atoms with Crippen LogP contribution in [0.3, 0.4) is 0 Å². The van der Waals surface area contributed by atoms with E-state index in [-0.39, 0.29) is 0 Å². The molecule has 0 saturated carbocycles. The second kappa shape index (κ2) is 9.37. The van der Waals surface area contributed by atoms with E-state index in [2.05, 4.69) is 36.2 Å². The summed E-state index contributed by atoms with van der Waals surface area (Å²) in [6.45, 7) is 9.97. The predicted octanol–water partition coefficient (Wildman–Crippen LogP) is 3.20. The summed E-state index contributed by atoms with van der Waals surface area (Å²) in [7, 11) is 0. The Labute approximate surface area is 116 Å². The van der Waals surface area contributed by atoms with Gasteiger partial charge in [-0.05, 0) is 44.1 Å². The van der Waals surface area contributed by atoms with Crippen molar-refractivity contribution in [2.24, 2.45) is 0 Å². The lowest BCUT2D eigenvalue weighted by molar-refractivity contribution is 0.302. The van der Waals surface area contributed by atoms with Gasteiger partial charge in [0.25, 0.3) is 0 Å². The monoisotopic (exact) mass is 268 g/mol. The van der Waals surface area contributed by atoms with Gasteiger partial charge >= 0.3 is 0 Å². The Morgan fingerprint density at radius 3 is 2.50 bits per heavy atom. The van der Waals surface area contributed by atoms with Crippen molar-refractivity contribution < 1.29 is 0 Å². The molecule has 18 heavy (non-hydrogen) atoms. The Hall–Kier alpha value is -0.570. The molecule has 0 aliphatic rings. The molecule has 1 aromatic carbocycles. The Balaban J connectivity index is 2.07. The van der Waals surface area contributed by atoms with Crippen LogP contribution >= 0.6 is 11.6 Å². The number of rotatable bonds is 9. The molecule has 0 radical (unpaired) electrons. The highest BCUT2D eigenvalue weighted by molar-refractivity contribution is 6.31. The van der Waals surface area contributed by atoms with Crippen LogP contribution in [0.4, 0.5) is 0 Å². The first-order valence-electron chi connectivity index (χ1n) is 6.94. The highest BCUT2D eigenvalue weighted by atomic mass is 35.5. The lowest BCUT2D eigenvalue weighted by atomic mass is 10.1. The molecule has 102 valence electrons. The molecule has 0 bridgehead atoms. The molecule has 3 heteroatoms. The maximum Gasteiger partial charge on any atom is 0.0437 e. The lowest BCUT2D eigenvalue weighted by Gasteiger charge is -2.17. The summed E-state index contributed by atoms with van der Waals surface area (Å²) < 4.78 is 0. The summed E-state index contributed by atoms with van der Waals surface area (Å²) in [6, 6.07) is 8.10. The van der Waals surface area contributed by atoms with E-state index >= 15 is 0 Å². The number of aryl methyl sites for hydroxylation is 1. The minimum Gasteiger partial charge on any atom is -0.315 e. The molecule has 0 heterocycles. The van der Waals surface area contributed by atoms with E-state index in [1.54, 1.807) is 0 Å². The number of hydrogen-bond acceptors (Lipinski definition) is 2. The average Bonchev–Trinajstić information content (AvgIpc) is 2.40. The summed E-state index contributed by atoms with van der Waals surface area (Å²) in [5.74, 6) is 0. The maximum atomic E-state index is 6.12. The van der Waals surface area contributed by atoms with Crippen LogP contribution in [-0.4, -0.2) is 37.6 Å². The molecule has 0 amide bonds. The standard InChI is InChI=1S/C15H25ClN2/c1-3-18(4-2)13-12-17-11-7-9-14-8-5-6-10-15(14)16/h5-6,8,10,17H,3-4,7,9,11-13H2,1-2H3. The first-order valence-corrected chi connectivity index (χ1v) is 7.32.